The molecule has 2 aliphatic rings. The van der Waals surface area contributed by atoms with Crippen LogP contribution in [0.2, 0.25) is 0 Å². The lowest BCUT2D eigenvalue weighted by Gasteiger charge is -2.30. The van der Waals surface area contributed by atoms with E-state index >= 15 is 0 Å². The van der Waals surface area contributed by atoms with E-state index in [9.17, 15) is 0 Å². The molecule has 94 valence electrons. The fourth-order valence-corrected chi connectivity index (χ4v) is 3.35. The highest BCUT2D eigenvalue weighted by molar-refractivity contribution is 7.99. The summed E-state index contributed by atoms with van der Waals surface area (Å²) in [6.45, 7) is 1.61. The maximum Gasteiger partial charge on any atom is 0.209 e. The summed E-state index contributed by atoms with van der Waals surface area (Å²) in [4.78, 5) is 0. The molecule has 0 amide bonds. The first-order valence-corrected chi connectivity index (χ1v) is 6.96. The van der Waals surface area contributed by atoms with Crippen molar-refractivity contribution in [2.45, 2.75) is 41.8 Å². The van der Waals surface area contributed by atoms with Crippen molar-refractivity contribution in [1.29, 1.82) is 0 Å². The number of hydrogen-bond acceptors (Lipinski definition) is 6. The molecule has 0 spiro atoms. The smallest absolute Gasteiger partial charge is 0.209 e. The molecule has 2 heterocycles. The Labute approximate surface area is 104 Å². The Morgan fingerprint density at radius 1 is 1.41 bits per heavy atom. The van der Waals surface area contributed by atoms with E-state index in [2.05, 4.69) is 20.8 Å². The molecule has 3 rings (SSSR count). The van der Waals surface area contributed by atoms with Gasteiger partial charge in [-0.3, -0.25) is 0 Å². The maximum absolute atomic E-state index is 5.54. The SMILES string of the molecule is CNC1CCOCC1Sc1nnnn1C1CC1. The zero-order chi connectivity index (χ0) is 11.7. The number of ether oxygens (including phenoxy) is 1. The molecule has 1 aromatic heterocycles. The Morgan fingerprint density at radius 2 is 2.29 bits per heavy atom. The standard InChI is InChI=1S/C10H17N5OS/c1-11-8-4-5-16-6-9(8)17-10-12-13-14-15(10)7-2-3-7/h7-9,11H,2-6H2,1H3. The Balaban J connectivity index is 1.69. The zero-order valence-corrected chi connectivity index (χ0v) is 10.7. The predicted octanol–water partition coefficient (Wildman–Crippen LogP) is 0.477. The van der Waals surface area contributed by atoms with E-state index in [1.165, 1.54) is 12.8 Å². The molecule has 1 aromatic rings. The third-order valence-corrected chi connectivity index (χ3v) is 4.53. The summed E-state index contributed by atoms with van der Waals surface area (Å²) in [7, 11) is 2.01. The van der Waals surface area contributed by atoms with Gasteiger partial charge in [-0.2, -0.15) is 0 Å². The molecule has 7 heteroatoms. The number of hydrogen-bond donors (Lipinski definition) is 1. The number of rotatable bonds is 4. The highest BCUT2D eigenvalue weighted by Crippen LogP contribution is 2.37. The first kappa shape index (κ1) is 11.4. The molecule has 1 aliphatic heterocycles. The van der Waals surface area contributed by atoms with Gasteiger partial charge in [0, 0.05) is 12.6 Å². The van der Waals surface area contributed by atoms with Crippen LogP contribution in [0.15, 0.2) is 5.16 Å². The first-order chi connectivity index (χ1) is 8.38. The van der Waals surface area contributed by atoms with E-state index in [0.29, 0.717) is 17.3 Å². The van der Waals surface area contributed by atoms with Gasteiger partial charge >= 0.3 is 0 Å². The van der Waals surface area contributed by atoms with E-state index < -0.39 is 0 Å². The molecular weight excluding hydrogens is 238 g/mol. The predicted molar refractivity (Wildman–Crippen MR) is 64.0 cm³/mol. The largest absolute Gasteiger partial charge is 0.380 e. The Morgan fingerprint density at radius 3 is 3.06 bits per heavy atom. The number of nitrogens with one attached hydrogen (secondary N) is 1. The normalized spacial score (nSPS) is 29.5. The Kier molecular flexibility index (Phi) is 3.30. The van der Waals surface area contributed by atoms with E-state index in [1.54, 1.807) is 11.8 Å². The minimum Gasteiger partial charge on any atom is -0.380 e. The lowest BCUT2D eigenvalue weighted by Crippen LogP contribution is -2.43. The topological polar surface area (TPSA) is 64.9 Å². The van der Waals surface area contributed by atoms with Crippen LogP contribution in [0.25, 0.3) is 0 Å². The number of thioether (sulfide) groups is 1. The lowest BCUT2D eigenvalue weighted by atomic mass is 10.1. The van der Waals surface area contributed by atoms with Gasteiger partial charge in [-0.1, -0.05) is 11.8 Å². The zero-order valence-electron chi connectivity index (χ0n) is 9.87. The van der Waals surface area contributed by atoms with E-state index in [4.69, 9.17) is 4.74 Å². The van der Waals surface area contributed by atoms with Gasteiger partial charge in [0.25, 0.3) is 0 Å². The number of nitrogens with zero attached hydrogens (tertiary/aromatic N) is 4. The third kappa shape index (κ3) is 2.46. The second-order valence-corrected chi connectivity index (χ2v) is 5.76. The summed E-state index contributed by atoms with van der Waals surface area (Å²) in [5, 5.41) is 16.7. The molecule has 2 unspecified atom stereocenters. The van der Waals surface area contributed by atoms with Crippen molar-refractivity contribution in [3.8, 4) is 0 Å². The molecule has 1 aliphatic carbocycles. The molecule has 2 fully saturated rings. The van der Waals surface area contributed by atoms with Crippen molar-refractivity contribution in [3.05, 3.63) is 0 Å². The summed E-state index contributed by atoms with van der Waals surface area (Å²) in [6, 6.07) is 1.02. The molecule has 0 aromatic carbocycles. The van der Waals surface area contributed by atoms with Crippen LogP contribution in [0.4, 0.5) is 0 Å². The van der Waals surface area contributed by atoms with Crippen molar-refractivity contribution >= 4 is 11.8 Å². The van der Waals surface area contributed by atoms with Crippen molar-refractivity contribution in [2.75, 3.05) is 20.3 Å². The summed E-state index contributed by atoms with van der Waals surface area (Å²) in [5.41, 5.74) is 0. The highest BCUT2D eigenvalue weighted by atomic mass is 32.2. The molecule has 0 bridgehead atoms. The van der Waals surface area contributed by atoms with Gasteiger partial charge in [-0.25, -0.2) is 4.68 Å². The number of aromatic nitrogens is 4. The second-order valence-electron chi connectivity index (χ2n) is 4.55. The maximum atomic E-state index is 5.54. The van der Waals surface area contributed by atoms with Gasteiger partial charge in [-0.05, 0) is 36.7 Å². The molecule has 1 saturated heterocycles. The minimum atomic E-state index is 0.400. The van der Waals surface area contributed by atoms with Gasteiger partial charge in [-0.15, -0.1) is 5.10 Å². The first-order valence-electron chi connectivity index (χ1n) is 6.08. The summed E-state index contributed by atoms with van der Waals surface area (Å²) < 4.78 is 7.50. The summed E-state index contributed by atoms with van der Waals surface area (Å²) in [6.07, 6.45) is 3.46. The van der Waals surface area contributed by atoms with Crippen LogP contribution >= 0.6 is 11.8 Å². The summed E-state index contributed by atoms with van der Waals surface area (Å²) in [5.74, 6) is 0. The van der Waals surface area contributed by atoms with E-state index in [1.807, 2.05) is 11.7 Å². The van der Waals surface area contributed by atoms with E-state index in [0.717, 1.165) is 24.8 Å². The Hall–Kier alpha value is -0.660. The summed E-state index contributed by atoms with van der Waals surface area (Å²) >= 11 is 1.74. The molecular formula is C10H17N5OS. The fraction of sp³-hybridized carbons (Fsp3) is 0.900. The second kappa shape index (κ2) is 4.91. The van der Waals surface area contributed by atoms with Crippen LogP contribution in [0.5, 0.6) is 0 Å². The average molecular weight is 255 g/mol. The van der Waals surface area contributed by atoms with Gasteiger partial charge in [0.15, 0.2) is 0 Å². The molecule has 2 atom stereocenters. The van der Waals surface area contributed by atoms with Gasteiger partial charge in [0.2, 0.25) is 5.16 Å². The number of tetrazole rings is 1. The van der Waals surface area contributed by atoms with Gasteiger partial charge in [0.05, 0.1) is 17.9 Å². The average Bonchev–Trinajstić information content (AvgIpc) is 3.11. The molecule has 6 nitrogen and oxygen atoms in total. The lowest BCUT2D eigenvalue weighted by molar-refractivity contribution is 0.0849. The Bertz CT molecular complexity index is 381. The molecule has 17 heavy (non-hydrogen) atoms. The van der Waals surface area contributed by atoms with Crippen molar-refractivity contribution in [1.82, 2.24) is 25.5 Å². The quantitative estimate of drug-likeness (QED) is 0.844. The molecule has 1 saturated carbocycles. The monoisotopic (exact) mass is 255 g/mol. The van der Waals surface area contributed by atoms with Crippen LogP contribution in [-0.2, 0) is 4.74 Å². The van der Waals surface area contributed by atoms with Crippen LogP contribution in [-0.4, -0.2) is 51.8 Å². The van der Waals surface area contributed by atoms with Gasteiger partial charge < -0.3 is 10.1 Å². The van der Waals surface area contributed by atoms with Crippen LogP contribution in [0, 0.1) is 0 Å². The molecule has 0 radical (unpaired) electrons. The van der Waals surface area contributed by atoms with Crippen molar-refractivity contribution in [3.63, 3.8) is 0 Å². The van der Waals surface area contributed by atoms with E-state index in [-0.39, 0.29) is 0 Å². The third-order valence-electron chi connectivity index (χ3n) is 3.29. The van der Waals surface area contributed by atoms with Crippen LogP contribution in [0.3, 0.4) is 0 Å². The van der Waals surface area contributed by atoms with Crippen LogP contribution in [0.1, 0.15) is 25.3 Å². The van der Waals surface area contributed by atoms with Crippen molar-refractivity contribution < 1.29 is 4.74 Å². The van der Waals surface area contributed by atoms with Crippen molar-refractivity contribution in [2.24, 2.45) is 0 Å². The minimum absolute atomic E-state index is 0.400. The van der Waals surface area contributed by atoms with Crippen LogP contribution < -0.4 is 5.32 Å². The highest BCUT2D eigenvalue weighted by Gasteiger charge is 2.31. The fourth-order valence-electron chi connectivity index (χ4n) is 2.10. The van der Waals surface area contributed by atoms with Gasteiger partial charge in [0.1, 0.15) is 0 Å². The molecule has 1 N–H and O–H groups in total.